The number of hydrogen-bond donors (Lipinski definition) is 1. The highest BCUT2D eigenvalue weighted by molar-refractivity contribution is 5.23. The van der Waals surface area contributed by atoms with E-state index in [-0.39, 0.29) is 11.5 Å². The van der Waals surface area contributed by atoms with E-state index in [0.717, 1.165) is 11.8 Å². The molecule has 1 heteroatoms. The van der Waals surface area contributed by atoms with Crippen LogP contribution in [-0.2, 0) is 0 Å². The van der Waals surface area contributed by atoms with Crippen molar-refractivity contribution in [1.29, 1.82) is 0 Å². The van der Waals surface area contributed by atoms with Gasteiger partial charge in [-0.2, -0.15) is 0 Å². The van der Waals surface area contributed by atoms with Crippen LogP contribution >= 0.6 is 0 Å². The van der Waals surface area contributed by atoms with E-state index in [0.29, 0.717) is 11.3 Å². The van der Waals surface area contributed by atoms with Crippen molar-refractivity contribution < 1.29 is 5.11 Å². The van der Waals surface area contributed by atoms with E-state index in [2.05, 4.69) is 33.8 Å². The van der Waals surface area contributed by atoms with E-state index in [9.17, 15) is 5.11 Å². The zero-order valence-electron chi connectivity index (χ0n) is 11.0. The van der Waals surface area contributed by atoms with Gasteiger partial charge in [-0.05, 0) is 54.8 Å². The summed E-state index contributed by atoms with van der Waals surface area (Å²) in [6.45, 7) is 9.21. The van der Waals surface area contributed by atoms with E-state index < -0.39 is 0 Å². The molecule has 1 N–H and O–H groups in total. The van der Waals surface area contributed by atoms with Gasteiger partial charge < -0.3 is 5.11 Å². The first kappa shape index (κ1) is 10.8. The first-order chi connectivity index (χ1) is 7.36. The summed E-state index contributed by atoms with van der Waals surface area (Å²) in [5.41, 5.74) is 2.12. The minimum atomic E-state index is -0.0871. The third-order valence-electron chi connectivity index (χ3n) is 5.89. The second kappa shape index (κ2) is 2.93. The standard InChI is InChI=1S/C15H24O/c1-9-5-6-11-10(9)7-14(2,3)13(16)12-8-15(11,12)4/h5,10-13,16H,6-8H2,1-4H3. The van der Waals surface area contributed by atoms with Gasteiger partial charge >= 0.3 is 0 Å². The number of aliphatic hydroxyl groups excluding tert-OH is 1. The Morgan fingerprint density at radius 1 is 1.19 bits per heavy atom. The van der Waals surface area contributed by atoms with E-state index in [1.54, 1.807) is 5.57 Å². The molecule has 0 radical (unpaired) electrons. The largest absolute Gasteiger partial charge is 0.392 e. The molecule has 5 atom stereocenters. The van der Waals surface area contributed by atoms with Crippen molar-refractivity contribution in [3.8, 4) is 0 Å². The summed E-state index contributed by atoms with van der Waals surface area (Å²) in [5.74, 6) is 2.12. The molecule has 0 heterocycles. The molecule has 3 rings (SSSR count). The molecule has 3 aliphatic carbocycles. The molecule has 0 aromatic heterocycles. The summed E-state index contributed by atoms with van der Waals surface area (Å²) < 4.78 is 0. The van der Waals surface area contributed by atoms with E-state index in [1.807, 2.05) is 0 Å². The Bertz CT molecular complexity index is 354. The summed E-state index contributed by atoms with van der Waals surface area (Å²) in [7, 11) is 0. The fourth-order valence-electron chi connectivity index (χ4n) is 4.52. The predicted molar refractivity (Wildman–Crippen MR) is 66.0 cm³/mol. The Morgan fingerprint density at radius 3 is 2.56 bits per heavy atom. The third-order valence-corrected chi connectivity index (χ3v) is 5.89. The maximum absolute atomic E-state index is 10.5. The molecule has 16 heavy (non-hydrogen) atoms. The number of hydrogen-bond acceptors (Lipinski definition) is 1. The molecule has 0 bridgehead atoms. The van der Waals surface area contributed by atoms with Crippen LogP contribution < -0.4 is 0 Å². The van der Waals surface area contributed by atoms with E-state index >= 15 is 0 Å². The molecule has 0 saturated heterocycles. The Kier molecular flexibility index (Phi) is 1.98. The van der Waals surface area contributed by atoms with Gasteiger partial charge in [0.1, 0.15) is 0 Å². The molecular weight excluding hydrogens is 196 g/mol. The number of rotatable bonds is 0. The van der Waals surface area contributed by atoms with E-state index in [4.69, 9.17) is 0 Å². The van der Waals surface area contributed by atoms with Gasteiger partial charge in [-0.15, -0.1) is 0 Å². The molecule has 90 valence electrons. The Balaban J connectivity index is 1.99. The summed E-state index contributed by atoms with van der Waals surface area (Å²) in [6, 6.07) is 0. The topological polar surface area (TPSA) is 20.2 Å². The van der Waals surface area contributed by atoms with Gasteiger partial charge in [0, 0.05) is 0 Å². The minimum Gasteiger partial charge on any atom is -0.392 e. The van der Waals surface area contributed by atoms with Crippen LogP contribution in [0.1, 0.15) is 47.0 Å². The van der Waals surface area contributed by atoms with Crippen LogP contribution in [0, 0.1) is 28.6 Å². The van der Waals surface area contributed by atoms with Gasteiger partial charge in [-0.1, -0.05) is 32.4 Å². The maximum Gasteiger partial charge on any atom is 0.0625 e. The number of aliphatic hydroxyl groups is 1. The molecule has 2 fully saturated rings. The van der Waals surface area contributed by atoms with Crippen molar-refractivity contribution >= 4 is 0 Å². The molecule has 2 saturated carbocycles. The molecule has 5 unspecified atom stereocenters. The lowest BCUT2D eigenvalue weighted by Crippen LogP contribution is -2.32. The first-order valence-electron chi connectivity index (χ1n) is 6.71. The Morgan fingerprint density at radius 2 is 1.88 bits per heavy atom. The second-order valence-electron chi connectivity index (χ2n) is 7.35. The summed E-state index contributed by atoms with van der Waals surface area (Å²) >= 11 is 0. The summed E-state index contributed by atoms with van der Waals surface area (Å²) in [4.78, 5) is 0. The maximum atomic E-state index is 10.5. The third kappa shape index (κ3) is 1.21. The van der Waals surface area contributed by atoms with E-state index in [1.165, 1.54) is 19.3 Å². The zero-order valence-corrected chi connectivity index (χ0v) is 11.0. The fraction of sp³-hybridized carbons (Fsp3) is 0.867. The van der Waals surface area contributed by atoms with Gasteiger partial charge in [0.15, 0.2) is 0 Å². The highest BCUT2D eigenvalue weighted by Crippen LogP contribution is 2.69. The van der Waals surface area contributed by atoms with Crippen molar-refractivity contribution in [3.63, 3.8) is 0 Å². The quantitative estimate of drug-likeness (QED) is 0.620. The normalized spacial score (nSPS) is 53.7. The Hall–Kier alpha value is -0.300. The molecule has 3 aliphatic rings. The lowest BCUT2D eigenvalue weighted by atomic mass is 9.74. The van der Waals surface area contributed by atoms with Crippen molar-refractivity contribution in [2.24, 2.45) is 28.6 Å². The van der Waals surface area contributed by atoms with Crippen molar-refractivity contribution in [3.05, 3.63) is 11.6 Å². The minimum absolute atomic E-state index is 0.0871. The van der Waals surface area contributed by atoms with Crippen LogP contribution in [0.25, 0.3) is 0 Å². The van der Waals surface area contributed by atoms with Crippen LogP contribution in [0.2, 0.25) is 0 Å². The number of allylic oxidation sites excluding steroid dienone is 2. The average molecular weight is 220 g/mol. The lowest BCUT2D eigenvalue weighted by molar-refractivity contribution is 0.0221. The molecular formula is C15H24O. The zero-order chi connectivity index (χ0) is 11.7. The van der Waals surface area contributed by atoms with Gasteiger partial charge in [0.05, 0.1) is 6.10 Å². The molecule has 0 aromatic carbocycles. The highest BCUT2D eigenvalue weighted by Gasteiger charge is 2.64. The molecule has 0 amide bonds. The highest BCUT2D eigenvalue weighted by atomic mass is 16.3. The monoisotopic (exact) mass is 220 g/mol. The molecule has 0 aromatic rings. The van der Waals surface area contributed by atoms with Crippen LogP contribution in [0.3, 0.4) is 0 Å². The van der Waals surface area contributed by atoms with Crippen molar-refractivity contribution in [2.45, 2.75) is 53.1 Å². The average Bonchev–Trinajstić information content (AvgIpc) is 2.76. The van der Waals surface area contributed by atoms with Crippen LogP contribution in [0.4, 0.5) is 0 Å². The second-order valence-corrected chi connectivity index (χ2v) is 7.35. The Labute approximate surface area is 98.9 Å². The van der Waals surface area contributed by atoms with Gasteiger partial charge in [-0.25, -0.2) is 0 Å². The summed E-state index contributed by atoms with van der Waals surface area (Å²) in [5, 5.41) is 10.5. The van der Waals surface area contributed by atoms with Crippen LogP contribution in [0.5, 0.6) is 0 Å². The predicted octanol–water partition coefficient (Wildman–Crippen LogP) is 3.39. The van der Waals surface area contributed by atoms with Gasteiger partial charge in [-0.3, -0.25) is 0 Å². The van der Waals surface area contributed by atoms with Crippen LogP contribution in [-0.4, -0.2) is 11.2 Å². The van der Waals surface area contributed by atoms with Crippen LogP contribution in [0.15, 0.2) is 11.6 Å². The smallest absolute Gasteiger partial charge is 0.0625 e. The molecule has 1 nitrogen and oxygen atoms in total. The number of fused-ring (bicyclic) bond motifs is 3. The molecule has 0 spiro atoms. The van der Waals surface area contributed by atoms with Gasteiger partial charge in [0.2, 0.25) is 0 Å². The SMILES string of the molecule is CC1=CCC2C1CC(C)(C)C(O)C1CC21C. The lowest BCUT2D eigenvalue weighted by Gasteiger charge is -2.33. The first-order valence-corrected chi connectivity index (χ1v) is 6.71. The van der Waals surface area contributed by atoms with Gasteiger partial charge in [0.25, 0.3) is 0 Å². The summed E-state index contributed by atoms with van der Waals surface area (Å²) in [6.07, 6.45) is 6.04. The van der Waals surface area contributed by atoms with Crippen molar-refractivity contribution in [1.82, 2.24) is 0 Å². The fourth-order valence-corrected chi connectivity index (χ4v) is 4.52. The van der Waals surface area contributed by atoms with Crippen molar-refractivity contribution in [2.75, 3.05) is 0 Å². The molecule has 0 aliphatic heterocycles.